The Balaban J connectivity index is 0.000000642. The number of carboxylic acids is 2. The number of hydrogen-bond donors (Lipinski definition) is 2. The molecular formula is C28H33F4N3O5S. The van der Waals surface area contributed by atoms with Gasteiger partial charge in [0.25, 0.3) is 0 Å². The van der Waals surface area contributed by atoms with Gasteiger partial charge in [0, 0.05) is 44.4 Å². The quantitative estimate of drug-likeness (QED) is 0.120. The average Bonchev–Trinajstić information content (AvgIpc) is 2.94. The van der Waals surface area contributed by atoms with Crippen molar-refractivity contribution >= 4 is 34.6 Å². The number of piperidine rings is 1. The maximum absolute atomic E-state index is 14.0. The molecule has 1 saturated heterocycles. The molecule has 0 aromatic heterocycles. The van der Waals surface area contributed by atoms with Crippen LogP contribution in [0, 0.1) is 23.3 Å². The Labute approximate surface area is 240 Å². The fraction of sp³-hybridized carbons (Fsp3) is 0.393. The third-order valence-corrected chi connectivity index (χ3v) is 6.88. The van der Waals surface area contributed by atoms with Gasteiger partial charge in [-0.05, 0) is 62.7 Å². The number of hydrogen-bond acceptors (Lipinski definition) is 6. The van der Waals surface area contributed by atoms with Crippen molar-refractivity contribution in [1.29, 1.82) is 0 Å². The molecule has 1 fully saturated rings. The second kappa shape index (κ2) is 17.3. The molecule has 224 valence electrons. The molecule has 2 aromatic rings. The topological polar surface area (TPSA) is 103 Å². The minimum atomic E-state index is -1.26. The first-order valence-electron chi connectivity index (χ1n) is 12.8. The van der Waals surface area contributed by atoms with Crippen molar-refractivity contribution in [2.24, 2.45) is 4.99 Å². The van der Waals surface area contributed by atoms with Gasteiger partial charge in [-0.25, -0.2) is 32.1 Å². The van der Waals surface area contributed by atoms with Crippen molar-refractivity contribution in [2.45, 2.75) is 31.7 Å². The summed E-state index contributed by atoms with van der Waals surface area (Å²) < 4.78 is 59.6. The third kappa shape index (κ3) is 11.8. The van der Waals surface area contributed by atoms with Crippen LogP contribution in [0.1, 0.15) is 25.7 Å². The van der Waals surface area contributed by atoms with E-state index >= 15 is 0 Å². The van der Waals surface area contributed by atoms with Crippen LogP contribution in [0.2, 0.25) is 0 Å². The molecule has 2 aromatic carbocycles. The maximum Gasteiger partial charge on any atom is 0.328 e. The van der Waals surface area contributed by atoms with Gasteiger partial charge in [0.05, 0.1) is 6.61 Å². The Morgan fingerprint density at radius 1 is 1.00 bits per heavy atom. The molecule has 0 bridgehead atoms. The molecule has 0 spiro atoms. The maximum atomic E-state index is 14.0. The van der Waals surface area contributed by atoms with Gasteiger partial charge < -0.3 is 24.7 Å². The molecule has 2 N–H and O–H groups in total. The molecule has 0 radical (unpaired) electrons. The normalized spacial score (nSPS) is 14.4. The molecule has 1 aliphatic heterocycles. The van der Waals surface area contributed by atoms with Gasteiger partial charge in [0.1, 0.15) is 11.4 Å². The Morgan fingerprint density at radius 2 is 1.61 bits per heavy atom. The molecule has 0 amide bonds. The van der Waals surface area contributed by atoms with E-state index < -0.39 is 35.2 Å². The predicted molar refractivity (Wildman–Crippen MR) is 150 cm³/mol. The van der Waals surface area contributed by atoms with Crippen LogP contribution in [0.25, 0.3) is 0 Å². The van der Waals surface area contributed by atoms with Gasteiger partial charge in [-0.2, -0.15) is 0 Å². The van der Waals surface area contributed by atoms with Crippen LogP contribution in [0.15, 0.2) is 53.5 Å². The average molecular weight is 600 g/mol. The van der Waals surface area contributed by atoms with Crippen LogP contribution in [-0.4, -0.2) is 82.7 Å². The summed E-state index contributed by atoms with van der Waals surface area (Å²) in [5.74, 6) is -5.31. The van der Waals surface area contributed by atoms with E-state index in [4.69, 9.17) is 14.9 Å². The van der Waals surface area contributed by atoms with Crippen molar-refractivity contribution in [1.82, 2.24) is 9.80 Å². The Bertz CT molecular complexity index is 1190. The number of aliphatic imine (C=N–C) groups is 1. The summed E-state index contributed by atoms with van der Waals surface area (Å²) in [5, 5.41) is 16.2. The van der Waals surface area contributed by atoms with E-state index in [2.05, 4.69) is 9.89 Å². The van der Waals surface area contributed by atoms with E-state index in [0.717, 1.165) is 57.5 Å². The Morgan fingerprint density at radius 3 is 2.15 bits per heavy atom. The molecule has 13 heteroatoms. The Kier molecular flexibility index (Phi) is 14.2. The number of amidine groups is 1. The summed E-state index contributed by atoms with van der Waals surface area (Å²) in [5.41, 5.74) is -0.253. The summed E-state index contributed by atoms with van der Waals surface area (Å²) in [6.45, 7) is 3.23. The fourth-order valence-electron chi connectivity index (χ4n) is 3.98. The molecule has 8 nitrogen and oxygen atoms in total. The van der Waals surface area contributed by atoms with Gasteiger partial charge in [-0.1, -0.05) is 17.8 Å². The van der Waals surface area contributed by atoms with Crippen molar-refractivity contribution in [2.75, 3.05) is 39.5 Å². The van der Waals surface area contributed by atoms with Gasteiger partial charge in [0.15, 0.2) is 28.4 Å². The highest BCUT2D eigenvalue weighted by atomic mass is 32.2. The molecule has 1 aliphatic rings. The number of carbonyl (C=O) groups is 2. The summed E-state index contributed by atoms with van der Waals surface area (Å²) in [7, 11) is 1.92. The SMILES string of the molecule is CSC(=Nc1c(F)cccc1F)N(C)C1CCN(CCCCOc2ccc(F)c(F)c2)CC1.O=C(O)/C=C/C(=O)O. The second-order valence-corrected chi connectivity index (χ2v) is 9.77. The molecular weight excluding hydrogens is 566 g/mol. The number of ether oxygens (including phenoxy) is 1. The molecule has 41 heavy (non-hydrogen) atoms. The van der Waals surface area contributed by atoms with Crippen LogP contribution in [-0.2, 0) is 9.59 Å². The van der Waals surface area contributed by atoms with Gasteiger partial charge >= 0.3 is 11.9 Å². The number of thioether (sulfide) groups is 1. The van der Waals surface area contributed by atoms with E-state index in [1.54, 1.807) is 0 Å². The van der Waals surface area contributed by atoms with Crippen molar-refractivity contribution in [3.05, 3.63) is 71.8 Å². The van der Waals surface area contributed by atoms with E-state index in [0.29, 0.717) is 29.7 Å². The lowest BCUT2D eigenvalue weighted by Gasteiger charge is -2.37. The minimum Gasteiger partial charge on any atom is -0.493 e. The summed E-state index contributed by atoms with van der Waals surface area (Å²) in [4.78, 5) is 27.8. The lowest BCUT2D eigenvalue weighted by Crippen LogP contribution is -2.45. The predicted octanol–water partition coefficient (Wildman–Crippen LogP) is 5.56. The first-order chi connectivity index (χ1) is 19.5. The molecule has 1 heterocycles. The summed E-state index contributed by atoms with van der Waals surface area (Å²) >= 11 is 1.37. The zero-order valence-electron chi connectivity index (χ0n) is 22.7. The van der Waals surface area contributed by atoms with Gasteiger partial charge in [0.2, 0.25) is 0 Å². The van der Waals surface area contributed by atoms with E-state index in [1.165, 1.54) is 36.0 Å². The number of halogens is 4. The van der Waals surface area contributed by atoms with Crippen LogP contribution in [0.4, 0.5) is 23.2 Å². The van der Waals surface area contributed by atoms with Crippen LogP contribution >= 0.6 is 11.8 Å². The monoisotopic (exact) mass is 599 g/mol. The number of unbranched alkanes of at least 4 members (excludes halogenated alkanes) is 1. The lowest BCUT2D eigenvalue weighted by molar-refractivity contribution is -0.134. The smallest absolute Gasteiger partial charge is 0.328 e. The van der Waals surface area contributed by atoms with Crippen LogP contribution in [0.5, 0.6) is 5.75 Å². The number of para-hydroxylation sites is 1. The highest BCUT2D eigenvalue weighted by Gasteiger charge is 2.24. The van der Waals surface area contributed by atoms with Crippen LogP contribution < -0.4 is 4.74 Å². The van der Waals surface area contributed by atoms with E-state index in [-0.39, 0.29) is 11.7 Å². The highest BCUT2D eigenvalue weighted by molar-refractivity contribution is 8.13. The summed E-state index contributed by atoms with van der Waals surface area (Å²) in [6, 6.07) is 7.54. The largest absolute Gasteiger partial charge is 0.493 e. The first kappa shape index (κ1) is 33.6. The zero-order valence-corrected chi connectivity index (χ0v) is 23.6. The molecule has 0 aliphatic carbocycles. The third-order valence-electron chi connectivity index (χ3n) is 6.13. The molecule has 0 atom stereocenters. The number of benzene rings is 2. The highest BCUT2D eigenvalue weighted by Crippen LogP contribution is 2.26. The zero-order chi connectivity index (χ0) is 30.4. The number of nitrogens with zero attached hydrogens (tertiary/aromatic N) is 3. The first-order valence-corrected chi connectivity index (χ1v) is 14.0. The number of rotatable bonds is 10. The molecule has 3 rings (SSSR count). The van der Waals surface area contributed by atoms with Crippen LogP contribution in [0.3, 0.4) is 0 Å². The fourth-order valence-corrected chi connectivity index (χ4v) is 4.60. The minimum absolute atomic E-state index is 0.249. The standard InChI is InChI=1S/C24H29F4N3OS.C4H4O4/c1-30(24(33-2)29-23-20(26)6-5-7-21(23)27)17-10-13-31(14-11-17)12-3-4-15-32-18-8-9-19(25)22(28)16-18;5-3(6)1-2-4(7)8/h5-9,16-17H,3-4,10-15H2,1-2H3;1-2H,(H,5,6)(H,7,8)/b;2-1+. The molecule has 0 saturated carbocycles. The van der Waals surface area contributed by atoms with Gasteiger partial charge in [-0.3, -0.25) is 0 Å². The van der Waals surface area contributed by atoms with Crippen molar-refractivity contribution < 1.29 is 42.1 Å². The molecule has 0 unspecified atom stereocenters. The number of likely N-dealkylation sites (tertiary alicyclic amines) is 1. The van der Waals surface area contributed by atoms with Gasteiger partial charge in [-0.15, -0.1) is 0 Å². The lowest BCUT2D eigenvalue weighted by atomic mass is 10.0. The van der Waals surface area contributed by atoms with E-state index in [1.807, 2.05) is 18.2 Å². The van der Waals surface area contributed by atoms with Crippen molar-refractivity contribution in [3.8, 4) is 5.75 Å². The van der Waals surface area contributed by atoms with Crippen molar-refractivity contribution in [3.63, 3.8) is 0 Å². The Hall–Kier alpha value is -3.58. The van der Waals surface area contributed by atoms with E-state index in [9.17, 15) is 27.2 Å². The summed E-state index contributed by atoms with van der Waals surface area (Å²) in [6.07, 6.45) is 6.59. The second-order valence-electron chi connectivity index (χ2n) is 8.99. The number of aliphatic carboxylic acids is 2. The number of carboxylic acid groups (broad SMARTS) is 2.